The van der Waals surface area contributed by atoms with E-state index < -0.39 is 0 Å². The van der Waals surface area contributed by atoms with E-state index in [9.17, 15) is 0 Å². The number of aromatic nitrogens is 3. The summed E-state index contributed by atoms with van der Waals surface area (Å²) in [4.78, 5) is 11.1. The number of rotatable bonds is 7. The van der Waals surface area contributed by atoms with Crippen LogP contribution in [0.2, 0.25) is 0 Å². The number of hydrogen-bond donors (Lipinski definition) is 1. The van der Waals surface area contributed by atoms with Gasteiger partial charge in [0, 0.05) is 39.1 Å². The number of guanidine groups is 1. The highest BCUT2D eigenvalue weighted by Gasteiger charge is 2.25. The highest BCUT2D eigenvalue weighted by Crippen LogP contribution is 2.20. The van der Waals surface area contributed by atoms with Crippen molar-refractivity contribution in [3.63, 3.8) is 0 Å². The maximum Gasteiger partial charge on any atom is 0.194 e. The second-order valence-electron chi connectivity index (χ2n) is 6.60. The molecule has 148 valence electrons. The fourth-order valence-electron chi connectivity index (χ4n) is 3.28. The van der Waals surface area contributed by atoms with Crippen LogP contribution in [0.5, 0.6) is 5.75 Å². The third-order valence-corrected chi connectivity index (χ3v) is 4.46. The maximum absolute atomic E-state index is 5.67. The van der Waals surface area contributed by atoms with Gasteiger partial charge in [0.05, 0.1) is 18.9 Å². The molecular weight excluding hydrogens is 455 g/mol. The lowest BCUT2D eigenvalue weighted by atomic mass is 10.0. The molecule has 0 amide bonds. The molecule has 8 heteroatoms. The van der Waals surface area contributed by atoms with Gasteiger partial charge < -0.3 is 15.0 Å². The molecule has 1 aliphatic rings. The van der Waals surface area contributed by atoms with Crippen molar-refractivity contribution < 1.29 is 4.74 Å². The minimum Gasteiger partial charge on any atom is -0.490 e. The first-order valence-electron chi connectivity index (χ1n) is 9.28. The van der Waals surface area contributed by atoms with Gasteiger partial charge in [0.2, 0.25) is 0 Å². The van der Waals surface area contributed by atoms with Gasteiger partial charge in [-0.2, -0.15) is 5.10 Å². The third-order valence-electron chi connectivity index (χ3n) is 4.46. The van der Waals surface area contributed by atoms with Crippen LogP contribution in [-0.2, 0) is 13.5 Å². The molecule has 1 saturated heterocycles. The van der Waals surface area contributed by atoms with Crippen LogP contribution in [0.15, 0.2) is 41.9 Å². The summed E-state index contributed by atoms with van der Waals surface area (Å²) in [5, 5.41) is 7.67. The third kappa shape index (κ3) is 6.67. The number of nitrogens with one attached hydrogen (secondary N) is 1. The smallest absolute Gasteiger partial charge is 0.194 e. The lowest BCUT2D eigenvalue weighted by molar-refractivity contribution is 0.326. The van der Waals surface area contributed by atoms with E-state index in [1.165, 1.54) is 12.0 Å². The van der Waals surface area contributed by atoms with Crippen LogP contribution >= 0.6 is 24.0 Å². The van der Waals surface area contributed by atoms with E-state index in [0.717, 1.165) is 37.8 Å². The maximum atomic E-state index is 5.67. The summed E-state index contributed by atoms with van der Waals surface area (Å²) in [5.41, 5.74) is 1.31. The van der Waals surface area contributed by atoms with Gasteiger partial charge in [0.25, 0.3) is 0 Å². The van der Waals surface area contributed by atoms with Crippen LogP contribution in [-0.4, -0.2) is 58.4 Å². The van der Waals surface area contributed by atoms with E-state index in [1.54, 1.807) is 12.4 Å². The number of halogens is 1. The topological polar surface area (TPSA) is 67.6 Å². The van der Waals surface area contributed by atoms with Gasteiger partial charge in [-0.05, 0) is 43.4 Å². The summed E-state index contributed by atoms with van der Waals surface area (Å²) in [6.07, 6.45) is 9.80. The van der Waals surface area contributed by atoms with E-state index in [1.807, 2.05) is 30.1 Å². The van der Waals surface area contributed by atoms with Crippen molar-refractivity contribution in [2.45, 2.75) is 19.8 Å². The molecule has 0 radical (unpaired) electrons. The van der Waals surface area contributed by atoms with Crippen molar-refractivity contribution in [1.29, 1.82) is 0 Å². The van der Waals surface area contributed by atoms with Gasteiger partial charge in [0.15, 0.2) is 5.96 Å². The van der Waals surface area contributed by atoms with E-state index in [4.69, 9.17) is 9.73 Å². The van der Waals surface area contributed by atoms with E-state index >= 15 is 0 Å². The highest BCUT2D eigenvalue weighted by molar-refractivity contribution is 14.0. The first-order chi connectivity index (χ1) is 12.7. The van der Waals surface area contributed by atoms with E-state index in [2.05, 4.69) is 33.4 Å². The largest absolute Gasteiger partial charge is 0.490 e. The number of aryl methyl sites for hydroxylation is 1. The molecule has 7 nitrogen and oxygen atoms in total. The average Bonchev–Trinajstić information content (AvgIpc) is 3.28. The molecular formula is C19H29IN6O. The highest BCUT2D eigenvalue weighted by atomic mass is 127. The van der Waals surface area contributed by atoms with Crippen molar-refractivity contribution in [3.8, 4) is 5.75 Å². The van der Waals surface area contributed by atoms with Crippen molar-refractivity contribution in [2.75, 3.05) is 32.8 Å². The summed E-state index contributed by atoms with van der Waals surface area (Å²) in [5.74, 6) is 2.41. The summed E-state index contributed by atoms with van der Waals surface area (Å²) in [6, 6.07) is 3.78. The molecule has 1 unspecified atom stereocenters. The first kappa shape index (κ1) is 21.5. The molecule has 1 atom stereocenters. The molecule has 0 aliphatic carbocycles. The van der Waals surface area contributed by atoms with Crippen LogP contribution in [0.3, 0.4) is 0 Å². The number of nitrogens with zero attached hydrogens (tertiary/aromatic N) is 5. The fraction of sp³-hybridized carbons (Fsp3) is 0.526. The Bertz CT molecular complexity index is 705. The number of aliphatic imine (C=N–C) groups is 1. The van der Waals surface area contributed by atoms with Crippen LogP contribution in [0.4, 0.5) is 0 Å². The van der Waals surface area contributed by atoms with Gasteiger partial charge in [-0.25, -0.2) is 4.99 Å². The minimum atomic E-state index is 0. The van der Waals surface area contributed by atoms with E-state index in [-0.39, 0.29) is 24.0 Å². The Morgan fingerprint density at radius 2 is 2.30 bits per heavy atom. The number of ether oxygens (including phenoxy) is 1. The Kier molecular flexibility index (Phi) is 8.83. The normalized spacial score (nSPS) is 16.9. The van der Waals surface area contributed by atoms with Crippen molar-refractivity contribution >= 4 is 29.9 Å². The molecule has 0 aromatic carbocycles. The summed E-state index contributed by atoms with van der Waals surface area (Å²) in [7, 11) is 1.97. The van der Waals surface area contributed by atoms with Crippen molar-refractivity contribution in [1.82, 2.24) is 25.0 Å². The van der Waals surface area contributed by atoms with Gasteiger partial charge >= 0.3 is 0 Å². The quantitative estimate of drug-likeness (QED) is 0.283. The fourth-order valence-corrected chi connectivity index (χ4v) is 3.28. The molecule has 3 rings (SSSR count). The molecule has 1 fully saturated rings. The Balaban J connectivity index is 0.00000261. The predicted octanol–water partition coefficient (Wildman–Crippen LogP) is 2.34. The monoisotopic (exact) mass is 484 g/mol. The SMILES string of the molecule is CCNC(=NCCOc1cccnc1)N1CCC(Cc2cnn(C)c2)C1.I. The van der Waals surface area contributed by atoms with Gasteiger partial charge in [-0.3, -0.25) is 9.67 Å². The lowest BCUT2D eigenvalue weighted by Gasteiger charge is -2.21. The Hall–Kier alpha value is -1.84. The van der Waals surface area contributed by atoms with Crippen LogP contribution in [0.25, 0.3) is 0 Å². The van der Waals surface area contributed by atoms with Crippen LogP contribution in [0, 0.1) is 5.92 Å². The number of pyridine rings is 1. The molecule has 2 aromatic rings. The van der Waals surface area contributed by atoms with Crippen LogP contribution < -0.4 is 10.1 Å². The molecule has 1 aliphatic heterocycles. The predicted molar refractivity (Wildman–Crippen MR) is 118 cm³/mol. The standard InChI is InChI=1S/C19H28N6O.HI/c1-3-21-19(22-8-10-26-18-5-4-7-20-13-18)25-9-6-16(15-25)11-17-12-23-24(2)14-17;/h4-5,7,12-14,16H,3,6,8-11,15H2,1-2H3,(H,21,22);1H. The number of likely N-dealkylation sites (tertiary alicyclic amines) is 1. The Morgan fingerprint density at radius 1 is 1.41 bits per heavy atom. The molecule has 0 saturated carbocycles. The molecule has 1 N–H and O–H groups in total. The minimum absolute atomic E-state index is 0. The summed E-state index contributed by atoms with van der Waals surface area (Å²) >= 11 is 0. The zero-order valence-electron chi connectivity index (χ0n) is 16.0. The molecule has 27 heavy (non-hydrogen) atoms. The summed E-state index contributed by atoms with van der Waals surface area (Å²) in [6.45, 7) is 6.22. The lowest BCUT2D eigenvalue weighted by Crippen LogP contribution is -2.40. The van der Waals surface area contributed by atoms with Gasteiger partial charge in [-0.15, -0.1) is 24.0 Å². The van der Waals surface area contributed by atoms with Crippen molar-refractivity contribution in [3.05, 3.63) is 42.5 Å². The van der Waals surface area contributed by atoms with Crippen molar-refractivity contribution in [2.24, 2.45) is 18.0 Å². The Morgan fingerprint density at radius 3 is 3.00 bits per heavy atom. The first-order valence-corrected chi connectivity index (χ1v) is 9.28. The second-order valence-corrected chi connectivity index (χ2v) is 6.60. The van der Waals surface area contributed by atoms with E-state index in [0.29, 0.717) is 19.1 Å². The second kappa shape index (κ2) is 11.1. The zero-order valence-corrected chi connectivity index (χ0v) is 18.4. The molecule has 3 heterocycles. The molecule has 2 aromatic heterocycles. The average molecular weight is 484 g/mol. The molecule has 0 spiro atoms. The number of hydrogen-bond acceptors (Lipinski definition) is 4. The zero-order chi connectivity index (χ0) is 18.2. The Labute approximate surface area is 178 Å². The van der Waals surface area contributed by atoms with Gasteiger partial charge in [0.1, 0.15) is 12.4 Å². The summed E-state index contributed by atoms with van der Waals surface area (Å²) < 4.78 is 7.55. The van der Waals surface area contributed by atoms with Crippen LogP contribution in [0.1, 0.15) is 18.9 Å². The van der Waals surface area contributed by atoms with Gasteiger partial charge in [-0.1, -0.05) is 0 Å². The molecule has 0 bridgehead atoms.